The molecule has 0 radical (unpaired) electrons. The third kappa shape index (κ3) is 1.83. The van der Waals surface area contributed by atoms with Gasteiger partial charge in [-0.15, -0.1) is 0 Å². The molecule has 0 saturated carbocycles. The Morgan fingerprint density at radius 3 is 2.45 bits per heavy atom. The highest BCUT2D eigenvalue weighted by Gasteiger charge is 2.04. The molecule has 11 heavy (non-hydrogen) atoms. The molecule has 1 rings (SSSR count). The summed E-state index contributed by atoms with van der Waals surface area (Å²) in [6.45, 7) is 2.05. The van der Waals surface area contributed by atoms with Crippen LogP contribution in [-0.4, -0.2) is 5.11 Å². The Labute approximate surface area is 82.7 Å². The van der Waals surface area contributed by atoms with E-state index in [9.17, 15) is 0 Å². The number of aliphatic hydroxyl groups excluding tert-OH is 1. The zero-order valence-corrected chi connectivity index (χ0v) is 9.24. The monoisotopic (exact) mass is 278 g/mol. The topological polar surface area (TPSA) is 20.2 Å². The van der Waals surface area contributed by atoms with E-state index in [1.165, 1.54) is 0 Å². The van der Waals surface area contributed by atoms with Gasteiger partial charge in [-0.3, -0.25) is 0 Å². The zero-order valence-electron chi connectivity index (χ0n) is 6.06. The van der Waals surface area contributed by atoms with E-state index in [2.05, 4.69) is 31.9 Å². The second-order valence-electron chi connectivity index (χ2n) is 2.31. The second-order valence-corrected chi connectivity index (χ2v) is 3.96. The van der Waals surface area contributed by atoms with E-state index < -0.39 is 0 Å². The summed E-state index contributed by atoms with van der Waals surface area (Å²) in [5.41, 5.74) is 2.04. The summed E-state index contributed by atoms with van der Waals surface area (Å²) < 4.78 is 1.92. The van der Waals surface area contributed by atoms with Gasteiger partial charge < -0.3 is 5.11 Å². The normalized spacial score (nSPS) is 10.2. The molecule has 0 amide bonds. The molecular formula is C8H8Br2O. The number of benzene rings is 1. The van der Waals surface area contributed by atoms with E-state index >= 15 is 0 Å². The van der Waals surface area contributed by atoms with Crippen molar-refractivity contribution in [3.05, 3.63) is 32.2 Å². The molecule has 0 heterocycles. The van der Waals surface area contributed by atoms with Gasteiger partial charge in [0.1, 0.15) is 0 Å². The van der Waals surface area contributed by atoms with Gasteiger partial charge in [0, 0.05) is 8.95 Å². The van der Waals surface area contributed by atoms with Crippen LogP contribution in [0.25, 0.3) is 0 Å². The Balaban J connectivity index is 3.29. The van der Waals surface area contributed by atoms with Crippen LogP contribution in [0.3, 0.4) is 0 Å². The first-order valence-corrected chi connectivity index (χ1v) is 4.79. The summed E-state index contributed by atoms with van der Waals surface area (Å²) in [6, 6.07) is 3.93. The third-order valence-corrected chi connectivity index (χ3v) is 3.69. The highest BCUT2D eigenvalue weighted by Crippen LogP contribution is 2.28. The molecule has 0 aliphatic carbocycles. The summed E-state index contributed by atoms with van der Waals surface area (Å²) in [5.74, 6) is 0. The van der Waals surface area contributed by atoms with Crippen LogP contribution >= 0.6 is 31.9 Å². The molecule has 0 aliphatic rings. The van der Waals surface area contributed by atoms with Crippen molar-refractivity contribution in [1.82, 2.24) is 0 Å². The van der Waals surface area contributed by atoms with Crippen LogP contribution in [0.4, 0.5) is 0 Å². The maximum absolute atomic E-state index is 8.97. The largest absolute Gasteiger partial charge is 0.392 e. The van der Waals surface area contributed by atoms with Crippen molar-refractivity contribution in [3.8, 4) is 0 Å². The van der Waals surface area contributed by atoms with Gasteiger partial charge in [-0.2, -0.15) is 0 Å². The molecule has 0 unspecified atom stereocenters. The number of aliphatic hydroxyl groups is 1. The van der Waals surface area contributed by atoms with Gasteiger partial charge in [-0.25, -0.2) is 0 Å². The van der Waals surface area contributed by atoms with Gasteiger partial charge >= 0.3 is 0 Å². The fourth-order valence-electron chi connectivity index (χ4n) is 0.883. The van der Waals surface area contributed by atoms with Crippen LogP contribution in [0.2, 0.25) is 0 Å². The van der Waals surface area contributed by atoms with Crippen molar-refractivity contribution in [2.24, 2.45) is 0 Å². The van der Waals surface area contributed by atoms with Crippen molar-refractivity contribution >= 4 is 31.9 Å². The summed E-state index contributed by atoms with van der Waals surface area (Å²) in [7, 11) is 0. The smallest absolute Gasteiger partial charge is 0.0695 e. The van der Waals surface area contributed by atoms with Crippen LogP contribution < -0.4 is 0 Å². The molecule has 0 bridgehead atoms. The Hall–Kier alpha value is 0.140. The molecule has 1 N–H and O–H groups in total. The van der Waals surface area contributed by atoms with Crippen LogP contribution in [0, 0.1) is 6.92 Å². The average molecular weight is 280 g/mol. The van der Waals surface area contributed by atoms with E-state index in [-0.39, 0.29) is 6.61 Å². The molecule has 3 heteroatoms. The fourth-order valence-corrected chi connectivity index (χ4v) is 1.83. The molecule has 60 valence electrons. The molecule has 0 aromatic heterocycles. The maximum Gasteiger partial charge on any atom is 0.0695 e. The van der Waals surface area contributed by atoms with Crippen LogP contribution in [0.1, 0.15) is 11.1 Å². The highest BCUT2D eigenvalue weighted by atomic mass is 79.9. The standard InChI is InChI=1S/C8H8Br2O/c1-5-2-3-7(9)8(10)6(5)4-11/h2-3,11H,4H2,1H3. The Kier molecular flexibility index (Phi) is 3.10. The van der Waals surface area contributed by atoms with Crippen molar-refractivity contribution in [1.29, 1.82) is 0 Å². The first kappa shape index (κ1) is 9.23. The predicted octanol–water partition coefficient (Wildman–Crippen LogP) is 3.01. The molecule has 0 atom stereocenters. The van der Waals surface area contributed by atoms with Gasteiger partial charge in [0.2, 0.25) is 0 Å². The van der Waals surface area contributed by atoms with Crippen LogP contribution in [0.15, 0.2) is 21.1 Å². The lowest BCUT2D eigenvalue weighted by atomic mass is 10.1. The summed E-state index contributed by atoms with van der Waals surface area (Å²) in [6.07, 6.45) is 0. The first-order valence-electron chi connectivity index (χ1n) is 3.21. The lowest BCUT2D eigenvalue weighted by molar-refractivity contribution is 0.280. The molecular weight excluding hydrogens is 272 g/mol. The van der Waals surface area contributed by atoms with E-state index in [0.29, 0.717) is 0 Å². The van der Waals surface area contributed by atoms with E-state index in [0.717, 1.165) is 20.1 Å². The Bertz CT molecular complexity index is 271. The second kappa shape index (κ2) is 3.70. The molecule has 0 saturated heterocycles. The minimum atomic E-state index is 0.0753. The number of hydrogen-bond donors (Lipinski definition) is 1. The van der Waals surface area contributed by atoms with Crippen molar-refractivity contribution < 1.29 is 5.11 Å². The van der Waals surface area contributed by atoms with Gasteiger partial charge in [0.05, 0.1) is 6.61 Å². The molecule has 1 nitrogen and oxygen atoms in total. The number of rotatable bonds is 1. The van der Waals surface area contributed by atoms with Gasteiger partial charge in [-0.1, -0.05) is 6.07 Å². The van der Waals surface area contributed by atoms with Crippen molar-refractivity contribution in [2.75, 3.05) is 0 Å². The Morgan fingerprint density at radius 1 is 1.36 bits per heavy atom. The van der Waals surface area contributed by atoms with Crippen molar-refractivity contribution in [3.63, 3.8) is 0 Å². The highest BCUT2D eigenvalue weighted by molar-refractivity contribution is 9.13. The number of aryl methyl sites for hydroxylation is 1. The SMILES string of the molecule is Cc1ccc(Br)c(Br)c1CO. The molecule has 1 aromatic carbocycles. The summed E-state index contributed by atoms with van der Waals surface area (Å²) in [4.78, 5) is 0. The van der Waals surface area contributed by atoms with Gasteiger partial charge in [0.25, 0.3) is 0 Å². The quantitative estimate of drug-likeness (QED) is 0.838. The Morgan fingerprint density at radius 2 is 2.00 bits per heavy atom. The van der Waals surface area contributed by atoms with Gasteiger partial charge in [-0.05, 0) is 56.0 Å². The van der Waals surface area contributed by atoms with Gasteiger partial charge in [0.15, 0.2) is 0 Å². The first-order chi connectivity index (χ1) is 5.16. The minimum Gasteiger partial charge on any atom is -0.392 e. The minimum absolute atomic E-state index is 0.0753. The molecule has 0 spiro atoms. The van der Waals surface area contributed by atoms with Crippen LogP contribution in [0.5, 0.6) is 0 Å². The predicted molar refractivity (Wildman–Crippen MR) is 52.5 cm³/mol. The maximum atomic E-state index is 8.97. The van der Waals surface area contributed by atoms with E-state index in [1.54, 1.807) is 0 Å². The lowest BCUT2D eigenvalue weighted by Crippen LogP contribution is -1.90. The molecule has 1 aromatic rings. The number of halogens is 2. The van der Waals surface area contributed by atoms with Crippen LogP contribution in [-0.2, 0) is 6.61 Å². The average Bonchev–Trinajstić information content (AvgIpc) is 1.99. The third-order valence-electron chi connectivity index (χ3n) is 1.59. The summed E-state index contributed by atoms with van der Waals surface area (Å²) >= 11 is 6.75. The molecule has 0 aliphatic heterocycles. The summed E-state index contributed by atoms with van der Waals surface area (Å²) in [5, 5.41) is 8.97. The number of hydrogen-bond acceptors (Lipinski definition) is 1. The zero-order chi connectivity index (χ0) is 8.43. The lowest BCUT2D eigenvalue weighted by Gasteiger charge is -2.06. The molecule has 0 fully saturated rings. The van der Waals surface area contributed by atoms with E-state index in [4.69, 9.17) is 5.11 Å². The van der Waals surface area contributed by atoms with E-state index in [1.807, 2.05) is 19.1 Å². The fraction of sp³-hybridized carbons (Fsp3) is 0.250. The van der Waals surface area contributed by atoms with Crippen molar-refractivity contribution in [2.45, 2.75) is 13.5 Å².